The van der Waals surface area contributed by atoms with E-state index in [2.05, 4.69) is 11.0 Å². The average Bonchev–Trinajstić information content (AvgIpc) is 3.24. The normalized spacial score (nSPS) is 40.5. The van der Waals surface area contributed by atoms with Crippen molar-refractivity contribution in [1.82, 2.24) is 4.90 Å². The number of methoxy groups -OCH3 is 3. The van der Waals surface area contributed by atoms with Crippen molar-refractivity contribution < 1.29 is 23.8 Å². The van der Waals surface area contributed by atoms with Crippen molar-refractivity contribution in [3.63, 3.8) is 0 Å². The summed E-state index contributed by atoms with van der Waals surface area (Å²) in [7, 11) is 6.61. The topological polar surface area (TPSA) is 65.1 Å². The lowest BCUT2D eigenvalue weighted by atomic mass is 9.52. The molecule has 1 heterocycles. The van der Waals surface area contributed by atoms with Gasteiger partial charge in [0, 0.05) is 17.1 Å². The van der Waals surface area contributed by atoms with Crippen LogP contribution >= 0.6 is 11.8 Å². The maximum absolute atomic E-state index is 13.6. The second-order valence-electron chi connectivity index (χ2n) is 7.61. The number of ether oxygens (including phenoxy) is 3. The summed E-state index contributed by atoms with van der Waals surface area (Å²) in [6.45, 7) is 0.764. The Kier molecular flexibility index (Phi) is 4.06. The van der Waals surface area contributed by atoms with E-state index in [0.717, 1.165) is 13.0 Å². The first-order chi connectivity index (χ1) is 12.9. The Morgan fingerprint density at radius 2 is 1.89 bits per heavy atom. The van der Waals surface area contributed by atoms with Gasteiger partial charge in [0.2, 0.25) is 17.3 Å². The Balaban J connectivity index is 2.01. The molecule has 27 heavy (non-hydrogen) atoms. The van der Waals surface area contributed by atoms with Crippen LogP contribution in [-0.4, -0.2) is 68.4 Å². The molecule has 4 aliphatic rings. The maximum Gasteiger partial charge on any atom is 0.209 e. The van der Waals surface area contributed by atoms with E-state index in [-0.39, 0.29) is 29.0 Å². The molecule has 146 valence electrons. The summed E-state index contributed by atoms with van der Waals surface area (Å²) in [5, 5.41) is -0.0976. The lowest BCUT2D eigenvalue weighted by Gasteiger charge is -2.53. The number of hydrogen-bond acceptors (Lipinski definition) is 7. The summed E-state index contributed by atoms with van der Waals surface area (Å²) in [6, 6.07) is 0. The first-order valence-corrected chi connectivity index (χ1v) is 10.3. The quantitative estimate of drug-likeness (QED) is 0.679. The molecule has 1 spiro atoms. The molecule has 0 aromatic rings. The van der Waals surface area contributed by atoms with Gasteiger partial charge in [0.05, 0.1) is 26.7 Å². The number of likely N-dealkylation sites (tertiary alicyclic amines) is 1. The zero-order valence-corrected chi connectivity index (χ0v) is 17.1. The molecule has 0 N–H and O–H groups in total. The molecule has 0 aromatic carbocycles. The van der Waals surface area contributed by atoms with E-state index < -0.39 is 16.4 Å². The van der Waals surface area contributed by atoms with Crippen LogP contribution in [0.2, 0.25) is 0 Å². The van der Waals surface area contributed by atoms with Crippen LogP contribution < -0.4 is 0 Å². The Morgan fingerprint density at radius 1 is 1.15 bits per heavy atom. The first kappa shape index (κ1) is 18.6. The standard InChI is InChI=1S/C20H25NO5S/c1-21-9-8-18-11-12(22)15(25-3)17(26-4)20(18,21)7-6-19(18)14(27-5)10-13(24-2)16(19)23/h6-7,10,14H,8-9,11H2,1-5H3/t14-,18-,19+,20+/m0/s1. The summed E-state index contributed by atoms with van der Waals surface area (Å²) in [4.78, 5) is 28.9. The highest BCUT2D eigenvalue weighted by Gasteiger charge is 2.78. The predicted molar refractivity (Wildman–Crippen MR) is 102 cm³/mol. The molecule has 0 bridgehead atoms. The van der Waals surface area contributed by atoms with Crippen LogP contribution in [0.4, 0.5) is 0 Å². The second-order valence-corrected chi connectivity index (χ2v) is 8.59. The van der Waals surface area contributed by atoms with Gasteiger partial charge in [0.25, 0.3) is 0 Å². The van der Waals surface area contributed by atoms with Crippen molar-refractivity contribution >= 4 is 23.3 Å². The number of likely N-dealkylation sites (N-methyl/N-ethyl adjacent to an activating group) is 1. The van der Waals surface area contributed by atoms with E-state index in [4.69, 9.17) is 14.2 Å². The molecule has 0 radical (unpaired) electrons. The number of carbonyl (C=O) groups excluding carboxylic acids is 2. The Morgan fingerprint density at radius 3 is 2.48 bits per heavy atom. The van der Waals surface area contributed by atoms with E-state index in [0.29, 0.717) is 11.5 Å². The molecular formula is C20H25NO5S. The van der Waals surface area contributed by atoms with Gasteiger partial charge in [-0.25, -0.2) is 0 Å². The van der Waals surface area contributed by atoms with Crippen molar-refractivity contribution in [2.45, 2.75) is 23.6 Å². The zero-order chi connectivity index (χ0) is 19.6. The summed E-state index contributed by atoms with van der Waals surface area (Å²) in [6.07, 6.45) is 8.95. The molecule has 1 fully saturated rings. The number of thioether (sulfide) groups is 1. The van der Waals surface area contributed by atoms with Crippen molar-refractivity contribution in [3.8, 4) is 0 Å². The molecule has 4 rings (SSSR count). The monoisotopic (exact) mass is 391 g/mol. The summed E-state index contributed by atoms with van der Waals surface area (Å²) in [5.41, 5.74) is -2.14. The van der Waals surface area contributed by atoms with Gasteiger partial charge in [0.15, 0.2) is 11.5 Å². The van der Waals surface area contributed by atoms with Gasteiger partial charge >= 0.3 is 0 Å². The van der Waals surface area contributed by atoms with E-state index in [9.17, 15) is 9.59 Å². The molecule has 0 unspecified atom stereocenters. The highest BCUT2D eigenvalue weighted by molar-refractivity contribution is 7.99. The number of carbonyl (C=O) groups is 2. The number of allylic oxidation sites excluding steroid dienone is 3. The zero-order valence-electron chi connectivity index (χ0n) is 16.3. The number of hydrogen-bond donors (Lipinski definition) is 0. The van der Waals surface area contributed by atoms with Gasteiger partial charge in [0.1, 0.15) is 5.54 Å². The van der Waals surface area contributed by atoms with Crippen LogP contribution in [0, 0.1) is 10.8 Å². The van der Waals surface area contributed by atoms with Crippen molar-refractivity contribution in [2.24, 2.45) is 10.8 Å². The second kappa shape index (κ2) is 5.88. The summed E-state index contributed by atoms with van der Waals surface area (Å²) in [5.74, 6) is 0.998. The largest absolute Gasteiger partial charge is 0.495 e. The predicted octanol–water partition coefficient (Wildman–Crippen LogP) is 1.93. The molecule has 7 heteroatoms. The number of rotatable bonds is 4. The third kappa shape index (κ3) is 1.78. The minimum absolute atomic E-state index is 0.0399. The van der Waals surface area contributed by atoms with E-state index in [1.807, 2.05) is 25.5 Å². The SMILES string of the molecule is COC1=C[C@H](SC)[C@]2(C=C[C@@]34C(OC)=C(OC)C(=O)C[C@@]23CCN4C)C1=O. The smallest absolute Gasteiger partial charge is 0.209 e. The van der Waals surface area contributed by atoms with Gasteiger partial charge in [-0.2, -0.15) is 11.8 Å². The molecule has 6 nitrogen and oxygen atoms in total. The number of ketones is 2. The minimum atomic E-state index is -0.832. The fourth-order valence-electron chi connectivity index (χ4n) is 6.01. The molecule has 0 aromatic heterocycles. The van der Waals surface area contributed by atoms with Crippen LogP contribution in [0.25, 0.3) is 0 Å². The fourth-order valence-corrected chi connectivity index (χ4v) is 7.05. The van der Waals surface area contributed by atoms with Crippen LogP contribution in [0.15, 0.2) is 35.5 Å². The van der Waals surface area contributed by atoms with Gasteiger partial charge in [-0.15, -0.1) is 0 Å². The lowest BCUT2D eigenvalue weighted by molar-refractivity contribution is -0.138. The van der Waals surface area contributed by atoms with Crippen LogP contribution in [0.5, 0.6) is 0 Å². The third-order valence-corrected chi connectivity index (χ3v) is 8.10. The minimum Gasteiger partial charge on any atom is -0.495 e. The Bertz CT molecular complexity index is 817. The number of Topliss-reactive ketones (excluding diaryl/α,β-unsaturated/α-hetero) is 2. The highest BCUT2D eigenvalue weighted by atomic mass is 32.2. The van der Waals surface area contributed by atoms with Crippen LogP contribution in [0.1, 0.15) is 12.8 Å². The number of nitrogens with zero attached hydrogens (tertiary/aromatic N) is 1. The third-order valence-electron chi connectivity index (χ3n) is 7.09. The van der Waals surface area contributed by atoms with E-state index in [1.165, 1.54) is 14.2 Å². The van der Waals surface area contributed by atoms with Gasteiger partial charge in [-0.3, -0.25) is 14.5 Å². The van der Waals surface area contributed by atoms with Gasteiger partial charge in [-0.05, 0) is 32.3 Å². The Labute approximate surface area is 163 Å². The average molecular weight is 391 g/mol. The molecule has 0 amide bonds. The maximum atomic E-state index is 13.6. The molecule has 1 aliphatic heterocycles. The van der Waals surface area contributed by atoms with Crippen LogP contribution in [-0.2, 0) is 23.8 Å². The Hall–Kier alpha value is -1.73. The van der Waals surface area contributed by atoms with Crippen molar-refractivity contribution in [2.75, 3.05) is 41.2 Å². The van der Waals surface area contributed by atoms with Crippen molar-refractivity contribution in [3.05, 3.63) is 35.5 Å². The molecule has 3 aliphatic carbocycles. The molecule has 0 saturated carbocycles. The molecule has 1 saturated heterocycles. The lowest BCUT2D eigenvalue weighted by Crippen LogP contribution is -2.62. The van der Waals surface area contributed by atoms with Crippen molar-refractivity contribution in [1.29, 1.82) is 0 Å². The van der Waals surface area contributed by atoms with E-state index >= 15 is 0 Å². The van der Waals surface area contributed by atoms with Crippen LogP contribution in [0.3, 0.4) is 0 Å². The molecular weight excluding hydrogens is 366 g/mol. The molecule has 4 atom stereocenters. The summed E-state index contributed by atoms with van der Waals surface area (Å²) < 4.78 is 16.6. The summed E-state index contributed by atoms with van der Waals surface area (Å²) >= 11 is 1.62. The van der Waals surface area contributed by atoms with E-state index in [1.54, 1.807) is 18.9 Å². The van der Waals surface area contributed by atoms with Gasteiger partial charge < -0.3 is 14.2 Å². The highest BCUT2D eigenvalue weighted by Crippen LogP contribution is 2.72. The first-order valence-electron chi connectivity index (χ1n) is 9.01. The fraction of sp³-hybridized carbons (Fsp3) is 0.600. The van der Waals surface area contributed by atoms with Gasteiger partial charge in [-0.1, -0.05) is 12.2 Å².